The predicted molar refractivity (Wildman–Crippen MR) is 73.9 cm³/mol. The van der Waals surface area contributed by atoms with Crippen LogP contribution in [-0.4, -0.2) is 23.0 Å². The molecule has 1 N–H and O–H groups in total. The number of ether oxygens (including phenoxy) is 1. The first-order chi connectivity index (χ1) is 8.76. The SMILES string of the molecule is CC(C)(C)SCC(=O)Nc1ccc(OC(F)F)cc1. The van der Waals surface area contributed by atoms with E-state index in [9.17, 15) is 13.6 Å². The third-order valence-electron chi connectivity index (χ3n) is 2.00. The highest BCUT2D eigenvalue weighted by Gasteiger charge is 2.13. The molecule has 0 atom stereocenters. The number of nitrogens with one attached hydrogen (secondary N) is 1. The van der Waals surface area contributed by atoms with Gasteiger partial charge in [0.2, 0.25) is 5.91 Å². The summed E-state index contributed by atoms with van der Waals surface area (Å²) in [6, 6.07) is 5.83. The number of carbonyl (C=O) groups excluding carboxylic acids is 1. The first kappa shape index (κ1) is 15.8. The van der Waals surface area contributed by atoms with Gasteiger partial charge in [-0.05, 0) is 24.3 Å². The predicted octanol–water partition coefficient (Wildman–Crippen LogP) is 3.76. The molecule has 106 valence electrons. The molecule has 0 fully saturated rings. The second-order valence-corrected chi connectivity index (χ2v) is 6.65. The molecule has 0 saturated carbocycles. The number of alkyl halides is 2. The molecule has 1 amide bonds. The van der Waals surface area contributed by atoms with E-state index in [2.05, 4.69) is 10.1 Å². The van der Waals surface area contributed by atoms with Crippen LogP contribution in [0.2, 0.25) is 0 Å². The molecule has 0 aromatic heterocycles. The molecule has 0 unspecified atom stereocenters. The molecular formula is C13H17F2NO2S. The Kier molecular flexibility index (Phi) is 5.60. The van der Waals surface area contributed by atoms with E-state index in [-0.39, 0.29) is 16.4 Å². The summed E-state index contributed by atoms with van der Waals surface area (Å²) in [5.41, 5.74) is 0.557. The van der Waals surface area contributed by atoms with Gasteiger partial charge in [-0.3, -0.25) is 4.79 Å². The van der Waals surface area contributed by atoms with Crippen molar-refractivity contribution in [3.8, 4) is 5.75 Å². The minimum atomic E-state index is -2.84. The fraction of sp³-hybridized carbons (Fsp3) is 0.462. The number of halogens is 2. The van der Waals surface area contributed by atoms with Crippen molar-refractivity contribution in [1.29, 1.82) is 0 Å². The van der Waals surface area contributed by atoms with Crippen LogP contribution in [0.4, 0.5) is 14.5 Å². The van der Waals surface area contributed by atoms with Crippen molar-refractivity contribution in [3.05, 3.63) is 24.3 Å². The van der Waals surface area contributed by atoms with E-state index in [4.69, 9.17) is 0 Å². The van der Waals surface area contributed by atoms with Gasteiger partial charge in [-0.2, -0.15) is 8.78 Å². The first-order valence-electron chi connectivity index (χ1n) is 5.75. The van der Waals surface area contributed by atoms with Gasteiger partial charge in [-0.25, -0.2) is 0 Å². The highest BCUT2D eigenvalue weighted by molar-refractivity contribution is 8.01. The largest absolute Gasteiger partial charge is 0.435 e. The van der Waals surface area contributed by atoms with E-state index >= 15 is 0 Å². The molecule has 1 aromatic carbocycles. The first-order valence-corrected chi connectivity index (χ1v) is 6.73. The van der Waals surface area contributed by atoms with E-state index in [0.29, 0.717) is 11.4 Å². The molecular weight excluding hydrogens is 272 g/mol. The lowest BCUT2D eigenvalue weighted by Gasteiger charge is -2.17. The van der Waals surface area contributed by atoms with Crippen molar-refractivity contribution in [1.82, 2.24) is 0 Å². The van der Waals surface area contributed by atoms with Crippen molar-refractivity contribution >= 4 is 23.4 Å². The monoisotopic (exact) mass is 289 g/mol. The molecule has 0 aliphatic heterocycles. The van der Waals surface area contributed by atoms with Crippen LogP contribution in [0.25, 0.3) is 0 Å². The van der Waals surface area contributed by atoms with Crippen molar-refractivity contribution in [2.75, 3.05) is 11.1 Å². The van der Waals surface area contributed by atoms with Gasteiger partial charge in [0.25, 0.3) is 0 Å². The van der Waals surface area contributed by atoms with Crippen molar-refractivity contribution in [2.24, 2.45) is 0 Å². The highest BCUT2D eigenvalue weighted by Crippen LogP contribution is 2.23. The summed E-state index contributed by atoms with van der Waals surface area (Å²) in [4.78, 5) is 11.6. The van der Waals surface area contributed by atoms with Gasteiger partial charge in [0.1, 0.15) is 5.75 Å². The lowest BCUT2D eigenvalue weighted by molar-refractivity contribution is -0.113. The normalized spacial score (nSPS) is 11.5. The van der Waals surface area contributed by atoms with Crippen molar-refractivity contribution < 1.29 is 18.3 Å². The number of thioether (sulfide) groups is 1. The van der Waals surface area contributed by atoms with Crippen LogP contribution < -0.4 is 10.1 Å². The Morgan fingerprint density at radius 3 is 2.37 bits per heavy atom. The lowest BCUT2D eigenvalue weighted by Crippen LogP contribution is -2.18. The van der Waals surface area contributed by atoms with Gasteiger partial charge in [0.05, 0.1) is 5.75 Å². The Hall–Kier alpha value is -1.30. The summed E-state index contributed by atoms with van der Waals surface area (Å²) < 4.78 is 28.1. The number of benzene rings is 1. The fourth-order valence-electron chi connectivity index (χ4n) is 1.20. The number of carbonyl (C=O) groups is 1. The molecule has 0 radical (unpaired) electrons. The van der Waals surface area contributed by atoms with Crippen LogP contribution in [0.15, 0.2) is 24.3 Å². The van der Waals surface area contributed by atoms with Gasteiger partial charge in [0, 0.05) is 10.4 Å². The van der Waals surface area contributed by atoms with Gasteiger partial charge in [0.15, 0.2) is 0 Å². The molecule has 1 rings (SSSR count). The van der Waals surface area contributed by atoms with Crippen LogP contribution in [0, 0.1) is 0 Å². The molecule has 19 heavy (non-hydrogen) atoms. The maximum absolute atomic E-state index is 11.9. The lowest BCUT2D eigenvalue weighted by atomic mass is 10.3. The summed E-state index contributed by atoms with van der Waals surface area (Å²) in [5.74, 6) is 0.290. The second-order valence-electron chi connectivity index (χ2n) is 4.85. The third kappa shape index (κ3) is 7.00. The third-order valence-corrected chi connectivity index (χ3v) is 3.27. The second kappa shape index (κ2) is 6.75. The molecule has 3 nitrogen and oxygen atoms in total. The Balaban J connectivity index is 2.47. The summed E-state index contributed by atoms with van der Waals surface area (Å²) >= 11 is 1.54. The Morgan fingerprint density at radius 1 is 1.32 bits per heavy atom. The minimum absolute atomic E-state index is 0.0201. The van der Waals surface area contributed by atoms with E-state index in [1.54, 1.807) is 0 Å². The molecule has 0 aliphatic rings. The summed E-state index contributed by atoms with van der Waals surface area (Å²) in [7, 11) is 0. The van der Waals surface area contributed by atoms with E-state index in [1.807, 2.05) is 20.8 Å². The number of amides is 1. The van der Waals surface area contributed by atoms with Gasteiger partial charge in [-0.1, -0.05) is 20.8 Å². The zero-order valence-electron chi connectivity index (χ0n) is 11.1. The maximum Gasteiger partial charge on any atom is 0.387 e. The van der Waals surface area contributed by atoms with Crippen LogP contribution in [0.5, 0.6) is 5.75 Å². The van der Waals surface area contributed by atoms with Crippen molar-refractivity contribution in [2.45, 2.75) is 32.1 Å². The van der Waals surface area contributed by atoms with Crippen molar-refractivity contribution in [3.63, 3.8) is 0 Å². The van der Waals surface area contributed by atoms with Gasteiger partial charge in [-0.15, -0.1) is 11.8 Å². The Labute approximate surface area is 115 Å². The molecule has 0 aliphatic carbocycles. The summed E-state index contributed by atoms with van der Waals surface area (Å²) in [5, 5.41) is 2.69. The minimum Gasteiger partial charge on any atom is -0.435 e. The molecule has 1 aromatic rings. The van der Waals surface area contributed by atoms with Crippen LogP contribution >= 0.6 is 11.8 Å². The van der Waals surface area contributed by atoms with Crippen LogP contribution in [0.3, 0.4) is 0 Å². The Bertz CT molecular complexity index is 416. The maximum atomic E-state index is 11.9. The zero-order valence-corrected chi connectivity index (χ0v) is 11.9. The molecule has 0 spiro atoms. The van der Waals surface area contributed by atoms with Gasteiger partial charge < -0.3 is 10.1 Å². The smallest absolute Gasteiger partial charge is 0.387 e. The number of hydrogen-bond acceptors (Lipinski definition) is 3. The summed E-state index contributed by atoms with van der Waals surface area (Å²) in [6.45, 7) is 3.24. The van der Waals surface area contributed by atoms with Gasteiger partial charge >= 0.3 is 6.61 Å². The van der Waals surface area contributed by atoms with E-state index in [0.717, 1.165) is 0 Å². The number of hydrogen-bond donors (Lipinski definition) is 1. The topological polar surface area (TPSA) is 38.3 Å². The quantitative estimate of drug-likeness (QED) is 0.897. The average molecular weight is 289 g/mol. The number of anilines is 1. The zero-order chi connectivity index (χ0) is 14.5. The highest BCUT2D eigenvalue weighted by atomic mass is 32.2. The fourth-order valence-corrected chi connectivity index (χ4v) is 1.84. The molecule has 0 heterocycles. The average Bonchev–Trinajstić information content (AvgIpc) is 2.28. The molecule has 0 saturated heterocycles. The van der Waals surface area contributed by atoms with E-state index < -0.39 is 6.61 Å². The van der Waals surface area contributed by atoms with Crippen LogP contribution in [0.1, 0.15) is 20.8 Å². The summed E-state index contributed by atoms with van der Waals surface area (Å²) in [6.07, 6.45) is 0. The number of rotatable bonds is 5. The Morgan fingerprint density at radius 2 is 1.89 bits per heavy atom. The standard InChI is InChI=1S/C13H17F2NO2S/c1-13(2,3)19-8-11(17)16-9-4-6-10(7-5-9)18-12(14)15/h4-7,12H,8H2,1-3H3,(H,16,17). The molecule has 0 bridgehead atoms. The van der Waals surface area contributed by atoms with E-state index in [1.165, 1.54) is 36.0 Å². The molecule has 6 heteroatoms. The van der Waals surface area contributed by atoms with Crippen LogP contribution in [-0.2, 0) is 4.79 Å².